The fraction of sp³-hybridized carbons (Fsp3) is 1.00. The maximum absolute atomic E-state index is 5.59. The zero-order chi connectivity index (χ0) is 20.7. The molecule has 2 nitrogen and oxygen atoms in total. The minimum Gasteiger partial charge on any atom is -0.355 e. The first kappa shape index (κ1) is 27.9. The van der Waals surface area contributed by atoms with Crippen molar-refractivity contribution in [2.24, 2.45) is 11.8 Å². The predicted octanol–water partition coefficient (Wildman–Crippen LogP) is 8.92. The average molecular weight is 399 g/mol. The molecule has 0 saturated heterocycles. The van der Waals surface area contributed by atoms with E-state index in [0.717, 1.165) is 31.5 Å². The van der Waals surface area contributed by atoms with Crippen LogP contribution in [0.1, 0.15) is 137 Å². The molecule has 0 bridgehead atoms. The SMILES string of the molecule is CCCCCCCCCCCCC(C)CC(C)CCCOCOCCCCC. The largest absolute Gasteiger partial charge is 0.355 e. The highest BCUT2D eigenvalue weighted by atomic mass is 16.7. The lowest BCUT2D eigenvalue weighted by Gasteiger charge is -2.17. The lowest BCUT2D eigenvalue weighted by atomic mass is 9.90. The molecule has 28 heavy (non-hydrogen) atoms. The fourth-order valence-corrected chi connectivity index (χ4v) is 4.07. The second-order valence-corrected chi connectivity index (χ2v) is 9.20. The van der Waals surface area contributed by atoms with Gasteiger partial charge < -0.3 is 9.47 Å². The summed E-state index contributed by atoms with van der Waals surface area (Å²) in [6, 6.07) is 0. The molecule has 0 heterocycles. The Balaban J connectivity index is 3.30. The van der Waals surface area contributed by atoms with Gasteiger partial charge in [-0.05, 0) is 37.5 Å². The summed E-state index contributed by atoms with van der Waals surface area (Å²) in [7, 11) is 0. The molecule has 2 heteroatoms. The summed E-state index contributed by atoms with van der Waals surface area (Å²) in [6.45, 7) is 11.6. The highest BCUT2D eigenvalue weighted by Crippen LogP contribution is 2.22. The Labute approximate surface area is 178 Å². The average Bonchev–Trinajstić information content (AvgIpc) is 2.68. The van der Waals surface area contributed by atoms with E-state index in [4.69, 9.17) is 9.47 Å². The third-order valence-corrected chi connectivity index (χ3v) is 5.90. The Hall–Kier alpha value is -0.0800. The molecular weight excluding hydrogens is 344 g/mol. The first-order valence-corrected chi connectivity index (χ1v) is 12.9. The molecule has 0 amide bonds. The first-order valence-electron chi connectivity index (χ1n) is 12.9. The Bertz CT molecular complexity index is 280. The van der Waals surface area contributed by atoms with Gasteiger partial charge in [0, 0.05) is 13.2 Å². The van der Waals surface area contributed by atoms with Crippen molar-refractivity contribution in [2.45, 2.75) is 137 Å². The van der Waals surface area contributed by atoms with Gasteiger partial charge in [0.05, 0.1) is 0 Å². The van der Waals surface area contributed by atoms with Crippen molar-refractivity contribution in [3.63, 3.8) is 0 Å². The summed E-state index contributed by atoms with van der Waals surface area (Å²) in [4.78, 5) is 0. The molecule has 0 N–H and O–H groups in total. The van der Waals surface area contributed by atoms with Crippen LogP contribution in [0, 0.1) is 11.8 Å². The molecule has 0 spiro atoms. The minimum absolute atomic E-state index is 0.479. The van der Waals surface area contributed by atoms with Crippen molar-refractivity contribution in [1.82, 2.24) is 0 Å². The van der Waals surface area contributed by atoms with Crippen molar-refractivity contribution in [3.05, 3.63) is 0 Å². The molecule has 0 aliphatic carbocycles. The lowest BCUT2D eigenvalue weighted by molar-refractivity contribution is -0.0560. The van der Waals surface area contributed by atoms with Crippen LogP contribution in [0.3, 0.4) is 0 Å². The molecule has 0 radical (unpaired) electrons. The number of unbranched alkanes of at least 4 members (excludes halogenated alkanes) is 11. The second kappa shape index (κ2) is 23.2. The summed E-state index contributed by atoms with van der Waals surface area (Å²) in [5, 5.41) is 0. The van der Waals surface area contributed by atoms with Gasteiger partial charge in [0.25, 0.3) is 0 Å². The van der Waals surface area contributed by atoms with Crippen LogP contribution in [0.4, 0.5) is 0 Å². The van der Waals surface area contributed by atoms with Crippen LogP contribution in [0.15, 0.2) is 0 Å². The molecular formula is C26H54O2. The van der Waals surface area contributed by atoms with E-state index in [1.807, 2.05) is 0 Å². The normalized spacial score (nSPS) is 13.7. The van der Waals surface area contributed by atoms with Crippen LogP contribution in [-0.2, 0) is 9.47 Å². The van der Waals surface area contributed by atoms with E-state index in [1.54, 1.807) is 0 Å². The van der Waals surface area contributed by atoms with Gasteiger partial charge in [-0.1, -0.05) is 111 Å². The van der Waals surface area contributed by atoms with Gasteiger partial charge in [-0.2, -0.15) is 0 Å². The van der Waals surface area contributed by atoms with Crippen LogP contribution in [0.2, 0.25) is 0 Å². The van der Waals surface area contributed by atoms with Crippen LogP contribution in [0.5, 0.6) is 0 Å². The van der Waals surface area contributed by atoms with Crippen molar-refractivity contribution in [1.29, 1.82) is 0 Å². The van der Waals surface area contributed by atoms with Crippen LogP contribution < -0.4 is 0 Å². The molecule has 170 valence electrons. The number of rotatable bonds is 23. The van der Waals surface area contributed by atoms with Gasteiger partial charge >= 0.3 is 0 Å². The van der Waals surface area contributed by atoms with E-state index in [-0.39, 0.29) is 0 Å². The lowest BCUT2D eigenvalue weighted by Crippen LogP contribution is -2.07. The monoisotopic (exact) mass is 398 g/mol. The minimum atomic E-state index is 0.479. The molecule has 0 aliphatic heterocycles. The van der Waals surface area contributed by atoms with Crippen molar-refractivity contribution >= 4 is 0 Å². The zero-order valence-corrected chi connectivity index (χ0v) is 20.1. The van der Waals surface area contributed by atoms with E-state index in [1.165, 1.54) is 103 Å². The van der Waals surface area contributed by atoms with Crippen LogP contribution in [0.25, 0.3) is 0 Å². The van der Waals surface area contributed by atoms with Gasteiger partial charge in [0.1, 0.15) is 6.79 Å². The Kier molecular flexibility index (Phi) is 23.1. The summed E-state index contributed by atoms with van der Waals surface area (Å²) in [6.07, 6.45) is 23.3. The van der Waals surface area contributed by atoms with E-state index >= 15 is 0 Å². The first-order chi connectivity index (χ1) is 13.7. The predicted molar refractivity (Wildman–Crippen MR) is 125 cm³/mol. The number of hydrogen-bond donors (Lipinski definition) is 0. The molecule has 2 atom stereocenters. The topological polar surface area (TPSA) is 18.5 Å². The maximum Gasteiger partial charge on any atom is 0.146 e. The summed E-state index contributed by atoms with van der Waals surface area (Å²) in [5.74, 6) is 1.71. The van der Waals surface area contributed by atoms with Crippen LogP contribution in [-0.4, -0.2) is 20.0 Å². The molecule has 0 fully saturated rings. The molecule has 0 aliphatic rings. The third kappa shape index (κ3) is 22.2. The summed E-state index contributed by atoms with van der Waals surface area (Å²) < 4.78 is 11.1. The van der Waals surface area contributed by atoms with E-state index in [0.29, 0.717) is 6.79 Å². The number of ether oxygens (including phenoxy) is 2. The quantitative estimate of drug-likeness (QED) is 0.126. The molecule has 0 saturated carbocycles. The maximum atomic E-state index is 5.59. The molecule has 0 rings (SSSR count). The van der Waals surface area contributed by atoms with E-state index < -0.39 is 0 Å². The summed E-state index contributed by atoms with van der Waals surface area (Å²) >= 11 is 0. The van der Waals surface area contributed by atoms with Gasteiger partial charge in [-0.3, -0.25) is 0 Å². The molecule has 0 aromatic carbocycles. The van der Waals surface area contributed by atoms with Gasteiger partial charge in [0.2, 0.25) is 0 Å². The smallest absolute Gasteiger partial charge is 0.146 e. The highest BCUT2D eigenvalue weighted by Gasteiger charge is 2.08. The van der Waals surface area contributed by atoms with Crippen molar-refractivity contribution < 1.29 is 9.47 Å². The Morgan fingerprint density at radius 3 is 1.50 bits per heavy atom. The molecule has 0 aromatic rings. The second-order valence-electron chi connectivity index (χ2n) is 9.20. The zero-order valence-electron chi connectivity index (χ0n) is 20.1. The summed E-state index contributed by atoms with van der Waals surface area (Å²) in [5.41, 5.74) is 0. The van der Waals surface area contributed by atoms with Gasteiger partial charge in [0.15, 0.2) is 0 Å². The third-order valence-electron chi connectivity index (χ3n) is 5.90. The van der Waals surface area contributed by atoms with E-state index in [2.05, 4.69) is 27.7 Å². The van der Waals surface area contributed by atoms with Crippen molar-refractivity contribution in [3.8, 4) is 0 Å². The Morgan fingerprint density at radius 2 is 0.929 bits per heavy atom. The number of hydrogen-bond acceptors (Lipinski definition) is 2. The highest BCUT2D eigenvalue weighted by molar-refractivity contribution is 4.61. The van der Waals surface area contributed by atoms with Crippen molar-refractivity contribution in [2.75, 3.05) is 20.0 Å². The van der Waals surface area contributed by atoms with Crippen LogP contribution >= 0.6 is 0 Å². The van der Waals surface area contributed by atoms with E-state index in [9.17, 15) is 0 Å². The van der Waals surface area contributed by atoms with Gasteiger partial charge in [-0.25, -0.2) is 0 Å². The van der Waals surface area contributed by atoms with Gasteiger partial charge in [-0.15, -0.1) is 0 Å². The Morgan fingerprint density at radius 1 is 0.500 bits per heavy atom. The fourth-order valence-electron chi connectivity index (χ4n) is 4.07. The molecule has 2 unspecified atom stereocenters. The molecule has 0 aromatic heterocycles. The standard InChI is InChI=1S/C26H54O2/c1-5-7-9-10-11-12-13-14-15-16-19-25(3)23-26(4)20-18-22-28-24-27-21-17-8-6-2/h25-26H,5-24H2,1-4H3.